The zero-order valence-electron chi connectivity index (χ0n) is 31.1. The molecule has 12 nitrogen and oxygen atoms in total. The van der Waals surface area contributed by atoms with Gasteiger partial charge in [0.1, 0.15) is 19.3 Å². The molecule has 5 rings (SSSR count). The van der Waals surface area contributed by atoms with Gasteiger partial charge < -0.3 is 25.8 Å². The number of hydrogen-bond acceptors (Lipinski definition) is 8. The van der Waals surface area contributed by atoms with Crippen LogP contribution in [0.4, 0.5) is 10.5 Å². The molecule has 3 atom stereocenters. The summed E-state index contributed by atoms with van der Waals surface area (Å²) >= 11 is 0. The fourth-order valence-electron chi connectivity index (χ4n) is 6.94. The van der Waals surface area contributed by atoms with Gasteiger partial charge in [0.2, 0.25) is 11.8 Å². The van der Waals surface area contributed by atoms with Crippen LogP contribution in [0.25, 0.3) is 10.8 Å². The van der Waals surface area contributed by atoms with E-state index < -0.39 is 36.1 Å². The molecular formula is C41H54N6O6. The molecule has 53 heavy (non-hydrogen) atoms. The standard InChI is InChI=1S/C41H54N6O6/c1-28(2)21-22-34(48)24-38(49)44-47(32-17-8-5-9-18-32)40(51)36(43-41(52)53-26-30-13-6-4-7-14-30)23-33-25-45(39(50)29(3)42)27-46(33)37-20-12-16-31-15-10-11-19-35(31)37/h4,6-7,10-16,19-20,25,28-29,32,34,36,48H,5,8-9,17-18,21-24,26-27,42H2,1-3H3,(H,43,52)(H,44,49)/t29-,34-,36-/m0/s1. The second-order valence-electron chi connectivity index (χ2n) is 14.6. The summed E-state index contributed by atoms with van der Waals surface area (Å²) in [6, 6.07) is 20.7. The highest BCUT2D eigenvalue weighted by Gasteiger charge is 2.37. The molecule has 1 heterocycles. The van der Waals surface area contributed by atoms with Crippen LogP contribution in [0, 0.1) is 5.92 Å². The third kappa shape index (κ3) is 10.8. The third-order valence-corrected chi connectivity index (χ3v) is 9.81. The minimum absolute atomic E-state index is 0.00752. The van der Waals surface area contributed by atoms with Gasteiger partial charge in [0, 0.05) is 23.7 Å². The van der Waals surface area contributed by atoms with E-state index >= 15 is 0 Å². The highest BCUT2D eigenvalue weighted by Crippen LogP contribution is 2.34. The average Bonchev–Trinajstić information content (AvgIpc) is 3.58. The van der Waals surface area contributed by atoms with Gasteiger partial charge >= 0.3 is 6.09 Å². The fraction of sp³-hybridized carbons (Fsp3) is 0.463. The molecule has 3 aromatic rings. The number of aliphatic hydroxyl groups excluding tert-OH is 1. The number of aliphatic hydroxyl groups is 1. The lowest BCUT2D eigenvalue weighted by molar-refractivity contribution is -0.147. The summed E-state index contributed by atoms with van der Waals surface area (Å²) in [5.41, 5.74) is 11.1. The Morgan fingerprint density at radius 1 is 0.925 bits per heavy atom. The number of nitrogens with zero attached hydrogens (tertiary/aromatic N) is 3. The van der Waals surface area contributed by atoms with Gasteiger partial charge in [-0.15, -0.1) is 0 Å². The smallest absolute Gasteiger partial charge is 0.408 e. The van der Waals surface area contributed by atoms with Gasteiger partial charge in [0.15, 0.2) is 0 Å². The molecule has 4 amide bonds. The normalized spacial score (nSPS) is 16.5. The van der Waals surface area contributed by atoms with Crippen molar-refractivity contribution >= 4 is 40.3 Å². The predicted molar refractivity (Wildman–Crippen MR) is 205 cm³/mol. The van der Waals surface area contributed by atoms with E-state index in [9.17, 15) is 24.3 Å². The average molecular weight is 727 g/mol. The summed E-state index contributed by atoms with van der Waals surface area (Å²) in [7, 11) is 0. The number of fused-ring (bicyclic) bond motifs is 1. The van der Waals surface area contributed by atoms with Crippen molar-refractivity contribution in [1.29, 1.82) is 0 Å². The monoisotopic (exact) mass is 726 g/mol. The van der Waals surface area contributed by atoms with Gasteiger partial charge in [0.05, 0.1) is 30.3 Å². The van der Waals surface area contributed by atoms with E-state index in [2.05, 4.69) is 24.6 Å². The number of nitrogens with two attached hydrogens (primary N) is 1. The fourth-order valence-corrected chi connectivity index (χ4v) is 6.94. The van der Waals surface area contributed by atoms with Gasteiger partial charge in [-0.2, -0.15) is 0 Å². The Hall–Kier alpha value is -4.94. The summed E-state index contributed by atoms with van der Waals surface area (Å²) in [6.45, 7) is 5.88. The Balaban J connectivity index is 1.47. The second-order valence-corrected chi connectivity index (χ2v) is 14.6. The van der Waals surface area contributed by atoms with Crippen LogP contribution in [0.5, 0.6) is 0 Å². The lowest BCUT2D eigenvalue weighted by atomic mass is 9.94. The molecule has 0 unspecified atom stereocenters. The lowest BCUT2D eigenvalue weighted by Gasteiger charge is -2.37. The Morgan fingerprint density at radius 3 is 2.34 bits per heavy atom. The van der Waals surface area contributed by atoms with Crippen LogP contribution in [-0.4, -0.2) is 69.7 Å². The van der Waals surface area contributed by atoms with Crippen LogP contribution in [-0.2, 0) is 25.7 Å². The molecule has 5 N–H and O–H groups in total. The Labute approximate surface area is 312 Å². The molecule has 1 fully saturated rings. The molecule has 3 aromatic carbocycles. The van der Waals surface area contributed by atoms with Crippen molar-refractivity contribution in [2.45, 2.75) is 109 Å². The maximum Gasteiger partial charge on any atom is 0.408 e. The molecule has 284 valence electrons. The minimum atomic E-state index is -1.19. The van der Waals surface area contributed by atoms with E-state index in [1.807, 2.05) is 77.7 Å². The van der Waals surface area contributed by atoms with Gasteiger partial charge in [-0.3, -0.25) is 24.7 Å². The van der Waals surface area contributed by atoms with E-state index in [0.29, 0.717) is 30.9 Å². The van der Waals surface area contributed by atoms with Crippen molar-refractivity contribution in [3.63, 3.8) is 0 Å². The number of hydrogen-bond donors (Lipinski definition) is 4. The number of ether oxygens (including phenoxy) is 1. The minimum Gasteiger partial charge on any atom is -0.445 e. The lowest BCUT2D eigenvalue weighted by Crippen LogP contribution is -2.59. The summed E-state index contributed by atoms with van der Waals surface area (Å²) in [5.74, 6) is -0.916. The molecule has 0 radical (unpaired) electrons. The van der Waals surface area contributed by atoms with Crippen LogP contribution in [0.3, 0.4) is 0 Å². The Morgan fingerprint density at radius 2 is 1.62 bits per heavy atom. The highest BCUT2D eigenvalue weighted by molar-refractivity contribution is 5.96. The number of amides is 4. The van der Waals surface area contributed by atoms with Gasteiger partial charge in [-0.05, 0) is 55.5 Å². The number of benzene rings is 3. The number of anilines is 1. The van der Waals surface area contributed by atoms with Gasteiger partial charge in [0.25, 0.3) is 5.91 Å². The van der Waals surface area contributed by atoms with Crippen molar-refractivity contribution in [2.24, 2.45) is 11.7 Å². The van der Waals surface area contributed by atoms with E-state index in [-0.39, 0.29) is 38.1 Å². The summed E-state index contributed by atoms with van der Waals surface area (Å²) in [5, 5.41) is 16.7. The number of nitrogens with one attached hydrogen (secondary N) is 2. The maximum absolute atomic E-state index is 14.8. The van der Waals surface area contributed by atoms with E-state index in [4.69, 9.17) is 10.5 Å². The van der Waals surface area contributed by atoms with Crippen LogP contribution in [0.15, 0.2) is 84.7 Å². The first-order valence-electron chi connectivity index (χ1n) is 18.8. The van der Waals surface area contributed by atoms with Crippen LogP contribution >= 0.6 is 0 Å². The predicted octanol–water partition coefficient (Wildman–Crippen LogP) is 5.70. The largest absolute Gasteiger partial charge is 0.445 e. The molecule has 12 heteroatoms. The molecule has 1 aliphatic carbocycles. The van der Waals surface area contributed by atoms with Crippen LogP contribution < -0.4 is 21.4 Å². The molecule has 0 aromatic heterocycles. The molecule has 2 aliphatic rings. The molecule has 1 saturated carbocycles. The molecule has 1 aliphatic heterocycles. The van der Waals surface area contributed by atoms with Crippen molar-refractivity contribution < 1.29 is 29.0 Å². The number of alkyl carbamates (subject to hydrolysis) is 1. The van der Waals surface area contributed by atoms with Crippen molar-refractivity contribution in [2.75, 3.05) is 11.6 Å². The van der Waals surface area contributed by atoms with Crippen LogP contribution in [0.2, 0.25) is 0 Å². The number of carbonyl (C=O) groups excluding carboxylic acids is 4. The summed E-state index contributed by atoms with van der Waals surface area (Å²) in [6.07, 6.45) is 5.21. The van der Waals surface area contributed by atoms with Crippen molar-refractivity contribution in [3.8, 4) is 0 Å². The second kappa shape index (κ2) is 18.7. The highest BCUT2D eigenvalue weighted by atomic mass is 16.5. The Kier molecular flexibility index (Phi) is 13.9. The topological polar surface area (TPSA) is 158 Å². The first-order valence-corrected chi connectivity index (χ1v) is 18.8. The molecule has 0 spiro atoms. The number of hydrazine groups is 1. The van der Waals surface area contributed by atoms with Crippen LogP contribution in [0.1, 0.15) is 84.1 Å². The number of rotatable bonds is 14. The summed E-state index contributed by atoms with van der Waals surface area (Å²) < 4.78 is 5.58. The molecular weight excluding hydrogens is 672 g/mol. The SMILES string of the molecule is CC(C)CC[C@H](O)CC(=O)NN(C(=O)[C@H](CC1=CN(C(=O)[C@H](C)N)CN1c1cccc2ccccc12)NC(=O)OCc1ccccc1)C1CCCCC1. The maximum atomic E-state index is 14.8. The first kappa shape index (κ1) is 39.3. The van der Waals surface area contributed by atoms with Gasteiger partial charge in [-0.1, -0.05) is 99.8 Å². The van der Waals surface area contributed by atoms with Crippen molar-refractivity contribution in [3.05, 3.63) is 90.3 Å². The summed E-state index contributed by atoms with van der Waals surface area (Å²) in [4.78, 5) is 58.4. The molecule has 0 saturated heterocycles. The van der Waals surface area contributed by atoms with Gasteiger partial charge in [-0.25, -0.2) is 9.80 Å². The first-order chi connectivity index (χ1) is 25.5. The third-order valence-electron chi connectivity index (χ3n) is 9.81. The zero-order valence-corrected chi connectivity index (χ0v) is 31.1. The quantitative estimate of drug-likeness (QED) is 0.154. The zero-order chi connectivity index (χ0) is 37.9. The van der Waals surface area contributed by atoms with E-state index in [0.717, 1.165) is 47.7 Å². The molecule has 0 bridgehead atoms. The van der Waals surface area contributed by atoms with E-state index in [1.54, 1.807) is 13.1 Å². The Bertz CT molecular complexity index is 1740. The van der Waals surface area contributed by atoms with Crippen molar-refractivity contribution in [1.82, 2.24) is 20.7 Å². The number of carbonyl (C=O) groups is 4. The van der Waals surface area contributed by atoms with E-state index in [1.165, 1.54) is 9.91 Å².